The third-order valence-corrected chi connectivity index (χ3v) is 1.62. The largest absolute Gasteiger partial charge is 0.416 e. The zero-order valence-corrected chi connectivity index (χ0v) is 7.47. The molecule has 0 spiro atoms. The Bertz CT molecular complexity index is 225. The number of carbonyl (C=O) groups excluding carboxylic acids is 1. The molecule has 1 heterocycles. The maximum absolute atomic E-state index is 11.2. The summed E-state index contributed by atoms with van der Waals surface area (Å²) in [5.74, 6) is 0. The fraction of sp³-hybridized carbons (Fsp3) is 0.500. The van der Waals surface area contributed by atoms with Crippen LogP contribution in [0.1, 0.15) is 6.42 Å². The van der Waals surface area contributed by atoms with Gasteiger partial charge in [-0.3, -0.25) is 0 Å². The van der Waals surface area contributed by atoms with Crippen LogP contribution in [0.4, 0.5) is 4.79 Å². The summed E-state index contributed by atoms with van der Waals surface area (Å²) in [5.41, 5.74) is 0. The molecule has 1 rings (SSSR count). The molecule has 0 aromatic rings. The van der Waals surface area contributed by atoms with Gasteiger partial charge in [-0.1, -0.05) is 17.3 Å². The molecule has 0 bridgehead atoms. The van der Waals surface area contributed by atoms with Gasteiger partial charge in [-0.2, -0.15) is 0 Å². The third-order valence-electron chi connectivity index (χ3n) is 1.62. The van der Waals surface area contributed by atoms with Crippen molar-refractivity contribution in [2.45, 2.75) is 6.42 Å². The number of amides is 1. The van der Waals surface area contributed by atoms with Crippen LogP contribution < -0.4 is 0 Å². The van der Waals surface area contributed by atoms with Gasteiger partial charge >= 0.3 is 6.09 Å². The number of hydrogen-bond acceptors (Lipinski definition) is 4. The minimum atomic E-state index is -0.398. The van der Waals surface area contributed by atoms with Crippen LogP contribution in [-0.2, 0) is 9.57 Å². The van der Waals surface area contributed by atoms with Crippen molar-refractivity contribution in [3.05, 3.63) is 12.2 Å². The van der Waals surface area contributed by atoms with Crippen molar-refractivity contribution in [3.63, 3.8) is 0 Å². The number of ether oxygens (including phenoxy) is 1. The fourth-order valence-electron chi connectivity index (χ4n) is 0.991. The van der Waals surface area contributed by atoms with Crippen LogP contribution in [0.5, 0.6) is 0 Å². The molecule has 0 aromatic heterocycles. The summed E-state index contributed by atoms with van der Waals surface area (Å²) in [6.07, 6.45) is 5.42. The highest BCUT2D eigenvalue weighted by Gasteiger charge is 2.13. The van der Waals surface area contributed by atoms with Crippen molar-refractivity contribution in [2.24, 2.45) is 5.16 Å². The lowest BCUT2D eigenvalue weighted by Crippen LogP contribution is -2.33. The number of rotatable bonds is 2. The number of oxime groups is 1. The molecule has 5 nitrogen and oxygen atoms in total. The molecule has 13 heavy (non-hydrogen) atoms. The SMILES string of the molecule is CO/N=C/OC(=O)N1CC=CCC1. The highest BCUT2D eigenvalue weighted by molar-refractivity contribution is 5.76. The van der Waals surface area contributed by atoms with Gasteiger partial charge in [0.2, 0.25) is 6.40 Å². The number of carbonyl (C=O) groups is 1. The molecule has 0 fully saturated rings. The molecule has 5 heteroatoms. The van der Waals surface area contributed by atoms with Crippen molar-refractivity contribution in [1.82, 2.24) is 4.90 Å². The van der Waals surface area contributed by atoms with Crippen LogP contribution in [0.3, 0.4) is 0 Å². The molecule has 0 atom stereocenters. The van der Waals surface area contributed by atoms with E-state index in [9.17, 15) is 4.79 Å². The summed E-state index contributed by atoms with van der Waals surface area (Å²) in [6, 6.07) is 0. The van der Waals surface area contributed by atoms with E-state index in [0.29, 0.717) is 13.1 Å². The molecule has 0 radical (unpaired) electrons. The minimum absolute atomic E-state index is 0.398. The van der Waals surface area contributed by atoms with E-state index in [1.54, 1.807) is 4.90 Å². The highest BCUT2D eigenvalue weighted by Crippen LogP contribution is 2.02. The normalized spacial score (nSPS) is 16.2. The first-order valence-electron chi connectivity index (χ1n) is 4.00. The summed E-state index contributed by atoms with van der Waals surface area (Å²) >= 11 is 0. The van der Waals surface area contributed by atoms with Crippen LogP contribution in [0.15, 0.2) is 17.3 Å². The van der Waals surface area contributed by atoms with Crippen molar-refractivity contribution in [2.75, 3.05) is 20.2 Å². The second kappa shape index (κ2) is 5.18. The van der Waals surface area contributed by atoms with E-state index < -0.39 is 6.09 Å². The van der Waals surface area contributed by atoms with Crippen LogP contribution in [0.25, 0.3) is 0 Å². The molecule has 0 saturated heterocycles. The van der Waals surface area contributed by atoms with Gasteiger partial charge in [-0.15, -0.1) is 0 Å². The topological polar surface area (TPSA) is 51.1 Å². The Morgan fingerprint density at radius 3 is 3.08 bits per heavy atom. The molecule has 0 unspecified atom stereocenters. The lowest BCUT2D eigenvalue weighted by atomic mass is 10.3. The second-order valence-electron chi connectivity index (χ2n) is 2.48. The zero-order chi connectivity index (χ0) is 9.52. The number of hydrogen-bond donors (Lipinski definition) is 0. The molecular formula is C8H12N2O3. The van der Waals surface area contributed by atoms with Gasteiger partial charge < -0.3 is 14.5 Å². The van der Waals surface area contributed by atoms with Crippen LogP contribution >= 0.6 is 0 Å². The molecule has 0 aromatic carbocycles. The summed E-state index contributed by atoms with van der Waals surface area (Å²) in [6.45, 7) is 1.29. The summed E-state index contributed by atoms with van der Waals surface area (Å²) in [7, 11) is 1.38. The first-order valence-corrected chi connectivity index (χ1v) is 4.00. The van der Waals surface area contributed by atoms with Crippen molar-refractivity contribution in [1.29, 1.82) is 0 Å². The van der Waals surface area contributed by atoms with Gasteiger partial charge in [0.1, 0.15) is 7.11 Å². The Morgan fingerprint density at radius 2 is 2.46 bits per heavy atom. The Hall–Kier alpha value is -1.52. The molecule has 72 valence electrons. The van der Waals surface area contributed by atoms with E-state index in [1.807, 2.05) is 12.2 Å². The van der Waals surface area contributed by atoms with Gasteiger partial charge in [-0.05, 0) is 6.42 Å². The molecule has 1 aliphatic rings. The Kier molecular flexibility index (Phi) is 3.81. The smallest absolute Gasteiger partial charge is 0.397 e. The van der Waals surface area contributed by atoms with Crippen molar-refractivity contribution in [3.8, 4) is 0 Å². The average molecular weight is 184 g/mol. The van der Waals surface area contributed by atoms with Gasteiger partial charge in [0.25, 0.3) is 0 Å². The molecule has 0 saturated carbocycles. The predicted octanol–water partition coefficient (Wildman–Crippen LogP) is 0.975. The van der Waals surface area contributed by atoms with Crippen molar-refractivity contribution < 1.29 is 14.4 Å². The van der Waals surface area contributed by atoms with Gasteiger partial charge in [0, 0.05) is 13.1 Å². The fourth-order valence-corrected chi connectivity index (χ4v) is 0.991. The van der Waals surface area contributed by atoms with E-state index in [4.69, 9.17) is 0 Å². The summed E-state index contributed by atoms with van der Waals surface area (Å²) < 4.78 is 4.66. The molecular weight excluding hydrogens is 172 g/mol. The molecule has 0 N–H and O–H groups in total. The first-order chi connectivity index (χ1) is 6.34. The third kappa shape index (κ3) is 3.14. The van der Waals surface area contributed by atoms with E-state index in [0.717, 1.165) is 12.8 Å². The van der Waals surface area contributed by atoms with Gasteiger partial charge in [0.15, 0.2) is 0 Å². The summed E-state index contributed by atoms with van der Waals surface area (Å²) in [5, 5.41) is 3.29. The first kappa shape index (κ1) is 9.57. The molecule has 0 aliphatic carbocycles. The van der Waals surface area contributed by atoms with E-state index in [2.05, 4.69) is 14.7 Å². The van der Waals surface area contributed by atoms with Gasteiger partial charge in [-0.25, -0.2) is 4.79 Å². The Labute approximate surface area is 76.6 Å². The maximum Gasteiger partial charge on any atom is 0.416 e. The maximum atomic E-state index is 11.2. The molecule has 1 aliphatic heterocycles. The Balaban J connectivity index is 2.30. The zero-order valence-electron chi connectivity index (χ0n) is 7.47. The lowest BCUT2D eigenvalue weighted by molar-refractivity contribution is 0.149. The summed E-state index contributed by atoms with van der Waals surface area (Å²) in [4.78, 5) is 17.1. The highest BCUT2D eigenvalue weighted by atomic mass is 16.6. The lowest BCUT2D eigenvalue weighted by Gasteiger charge is -2.20. The van der Waals surface area contributed by atoms with Crippen LogP contribution in [-0.4, -0.2) is 37.6 Å². The molecule has 1 amide bonds. The number of nitrogens with zero attached hydrogens (tertiary/aromatic N) is 2. The van der Waals surface area contributed by atoms with Gasteiger partial charge in [0.05, 0.1) is 0 Å². The van der Waals surface area contributed by atoms with Crippen LogP contribution in [0, 0.1) is 0 Å². The second-order valence-corrected chi connectivity index (χ2v) is 2.48. The van der Waals surface area contributed by atoms with E-state index in [-0.39, 0.29) is 0 Å². The monoisotopic (exact) mass is 184 g/mol. The standard InChI is InChI=1S/C8H12N2O3/c1-12-9-7-13-8(11)10-5-3-2-4-6-10/h2-3,7H,4-6H2,1H3/b9-7+. The van der Waals surface area contributed by atoms with E-state index in [1.165, 1.54) is 7.11 Å². The van der Waals surface area contributed by atoms with E-state index >= 15 is 0 Å². The minimum Gasteiger partial charge on any atom is -0.397 e. The average Bonchev–Trinajstić information content (AvgIpc) is 2.19. The van der Waals surface area contributed by atoms with Crippen LogP contribution in [0.2, 0.25) is 0 Å². The van der Waals surface area contributed by atoms with Crippen molar-refractivity contribution >= 4 is 12.5 Å². The quantitative estimate of drug-likeness (QED) is 0.278. The Morgan fingerprint density at radius 1 is 1.62 bits per heavy atom. The predicted molar refractivity (Wildman–Crippen MR) is 47.3 cm³/mol.